The monoisotopic (exact) mass is 537 g/mol. The molecule has 0 saturated carbocycles. The molecule has 11 nitrogen and oxygen atoms in total. The van der Waals surface area contributed by atoms with Gasteiger partial charge in [-0.05, 0) is 6.42 Å². The van der Waals surface area contributed by atoms with Gasteiger partial charge in [-0.3, -0.25) is 4.79 Å². The Bertz CT molecular complexity index is 628. The van der Waals surface area contributed by atoms with Gasteiger partial charge in [-0.1, -0.05) is 71.1 Å². The number of urea groups is 1. The van der Waals surface area contributed by atoms with Crippen molar-refractivity contribution in [3.05, 3.63) is 4.91 Å². The van der Waals surface area contributed by atoms with E-state index >= 15 is 0 Å². The summed E-state index contributed by atoms with van der Waals surface area (Å²) in [6.45, 7) is 1.81. The summed E-state index contributed by atoms with van der Waals surface area (Å²) < 4.78 is 16.0. The van der Waals surface area contributed by atoms with Crippen LogP contribution >= 0.6 is 11.6 Å². The minimum absolute atomic E-state index is 0.0220. The van der Waals surface area contributed by atoms with E-state index in [2.05, 4.69) is 17.5 Å². The van der Waals surface area contributed by atoms with Crippen molar-refractivity contribution in [3.63, 3.8) is 0 Å². The second-order valence-corrected chi connectivity index (χ2v) is 9.48. The van der Waals surface area contributed by atoms with Crippen LogP contribution in [0.3, 0.4) is 0 Å². The number of methoxy groups -OCH3 is 1. The van der Waals surface area contributed by atoms with Crippen LogP contribution in [0, 0.1) is 4.91 Å². The molecule has 1 rings (SSSR count). The molecule has 3 N–H and O–H groups in total. The molecule has 5 atom stereocenters. The number of rotatable bonds is 19. The molecular formula is C24H44ClN3O8. The molecule has 1 saturated heterocycles. The summed E-state index contributed by atoms with van der Waals surface area (Å²) in [6, 6.07) is -2.12. The van der Waals surface area contributed by atoms with E-state index in [-0.39, 0.29) is 25.5 Å². The number of carbonyl (C=O) groups excluding carboxylic acids is 2. The molecule has 36 heavy (non-hydrogen) atoms. The third kappa shape index (κ3) is 12.1. The number of esters is 1. The van der Waals surface area contributed by atoms with E-state index in [1.54, 1.807) is 0 Å². The lowest BCUT2D eigenvalue weighted by Gasteiger charge is -2.42. The van der Waals surface area contributed by atoms with Gasteiger partial charge in [0, 0.05) is 19.4 Å². The maximum atomic E-state index is 12.2. The number of nitrogens with zero attached hydrogens (tertiary/aromatic N) is 2. The van der Waals surface area contributed by atoms with E-state index in [0.29, 0.717) is 5.01 Å². The molecule has 0 bridgehead atoms. The molecule has 0 spiro atoms. The maximum absolute atomic E-state index is 12.2. The summed E-state index contributed by atoms with van der Waals surface area (Å²) in [5.74, 6) is -0.430. The number of amides is 2. The summed E-state index contributed by atoms with van der Waals surface area (Å²) in [4.78, 5) is 35.1. The highest BCUT2D eigenvalue weighted by Crippen LogP contribution is 2.23. The van der Waals surface area contributed by atoms with Gasteiger partial charge < -0.3 is 29.7 Å². The standard InChI is InChI=1S/C24H44ClN3O8/c1-3-4-5-6-7-8-9-10-11-12-13-14-19(29)35-17-18-21(30)22(31)20(23(34-2)36-18)26-24(32)28(27-33)16-15-25/h18,20-23,30-31H,3-17H2,1-2H3,(H,26,32). The number of ether oxygens (including phenoxy) is 3. The molecule has 1 fully saturated rings. The SMILES string of the molecule is CCCCCCCCCCCCCC(=O)OCC1OC(OC)C(NC(=O)N(CCCl)N=O)C(O)C1O. The lowest BCUT2D eigenvalue weighted by molar-refractivity contribution is -0.263. The number of alkyl halides is 1. The quantitative estimate of drug-likeness (QED) is 0.0744. The highest BCUT2D eigenvalue weighted by atomic mass is 35.5. The number of aliphatic hydroxyl groups excluding tert-OH is 2. The molecule has 0 aliphatic carbocycles. The minimum Gasteiger partial charge on any atom is -0.463 e. The van der Waals surface area contributed by atoms with Gasteiger partial charge in [0.1, 0.15) is 31.0 Å². The number of carbonyl (C=O) groups is 2. The summed E-state index contributed by atoms with van der Waals surface area (Å²) in [5, 5.41) is 26.4. The third-order valence-corrected chi connectivity index (χ3v) is 6.41. The largest absolute Gasteiger partial charge is 0.463 e. The molecule has 2 amide bonds. The predicted octanol–water partition coefficient (Wildman–Crippen LogP) is 3.62. The van der Waals surface area contributed by atoms with Crippen molar-refractivity contribution in [2.45, 2.75) is 115 Å². The molecule has 1 heterocycles. The lowest BCUT2D eigenvalue weighted by Crippen LogP contribution is -2.65. The van der Waals surface area contributed by atoms with Gasteiger partial charge in [-0.2, -0.15) is 5.01 Å². The first kappa shape index (κ1) is 32.5. The van der Waals surface area contributed by atoms with Crippen molar-refractivity contribution in [2.75, 3.05) is 26.1 Å². The number of nitroso groups, excluding NO2 is 1. The van der Waals surface area contributed by atoms with Crippen molar-refractivity contribution in [1.29, 1.82) is 0 Å². The van der Waals surface area contributed by atoms with Gasteiger partial charge in [-0.15, -0.1) is 16.5 Å². The van der Waals surface area contributed by atoms with Crippen LogP contribution in [0.25, 0.3) is 0 Å². The Labute approximate surface area is 219 Å². The normalized spacial score (nSPS) is 23.8. The van der Waals surface area contributed by atoms with Crippen LogP contribution in [-0.4, -0.2) is 84.0 Å². The molecular weight excluding hydrogens is 494 g/mol. The highest BCUT2D eigenvalue weighted by molar-refractivity contribution is 6.18. The zero-order valence-electron chi connectivity index (χ0n) is 21.6. The second kappa shape index (κ2) is 19.6. The van der Waals surface area contributed by atoms with Crippen LogP contribution in [0.1, 0.15) is 84.0 Å². The first-order chi connectivity index (χ1) is 17.4. The van der Waals surface area contributed by atoms with Crippen LogP contribution < -0.4 is 5.32 Å². The van der Waals surface area contributed by atoms with Crippen LogP contribution in [-0.2, 0) is 19.0 Å². The van der Waals surface area contributed by atoms with E-state index in [1.165, 1.54) is 58.5 Å². The van der Waals surface area contributed by atoms with Gasteiger partial charge in [0.25, 0.3) is 0 Å². The van der Waals surface area contributed by atoms with Gasteiger partial charge in [0.15, 0.2) is 6.29 Å². The summed E-state index contributed by atoms with van der Waals surface area (Å²) >= 11 is 5.53. The fraction of sp³-hybridized carbons (Fsp3) is 0.917. The third-order valence-electron chi connectivity index (χ3n) is 6.25. The minimum atomic E-state index is -1.51. The van der Waals surface area contributed by atoms with E-state index in [4.69, 9.17) is 25.8 Å². The number of nitrogens with one attached hydrogen (secondary N) is 1. The number of unbranched alkanes of at least 4 members (excludes halogenated alkanes) is 10. The van der Waals surface area contributed by atoms with Gasteiger partial charge in [-0.25, -0.2) is 4.79 Å². The molecule has 0 aromatic heterocycles. The Morgan fingerprint density at radius 2 is 1.58 bits per heavy atom. The Morgan fingerprint density at radius 1 is 1.00 bits per heavy atom. The second-order valence-electron chi connectivity index (χ2n) is 9.10. The molecule has 0 aromatic rings. The Balaban J connectivity index is 2.31. The molecule has 1 aliphatic heterocycles. The van der Waals surface area contributed by atoms with Crippen LogP contribution in [0.15, 0.2) is 5.29 Å². The van der Waals surface area contributed by atoms with Crippen molar-refractivity contribution in [1.82, 2.24) is 10.3 Å². The molecule has 210 valence electrons. The van der Waals surface area contributed by atoms with Crippen molar-refractivity contribution in [3.8, 4) is 0 Å². The van der Waals surface area contributed by atoms with Crippen LogP contribution in [0.2, 0.25) is 0 Å². The highest BCUT2D eigenvalue weighted by Gasteiger charge is 2.46. The molecule has 0 radical (unpaired) electrons. The van der Waals surface area contributed by atoms with Crippen LogP contribution in [0.5, 0.6) is 0 Å². The molecule has 0 aromatic carbocycles. The molecule has 1 aliphatic rings. The molecule has 12 heteroatoms. The first-order valence-electron chi connectivity index (χ1n) is 13.1. The van der Waals surface area contributed by atoms with E-state index in [9.17, 15) is 24.7 Å². The van der Waals surface area contributed by atoms with E-state index in [0.717, 1.165) is 19.3 Å². The number of aliphatic hydroxyl groups is 2. The fourth-order valence-electron chi connectivity index (χ4n) is 4.08. The number of halogens is 1. The Morgan fingerprint density at radius 3 is 2.11 bits per heavy atom. The number of hydrogen-bond donors (Lipinski definition) is 3. The topological polar surface area (TPSA) is 147 Å². The summed E-state index contributed by atoms with van der Waals surface area (Å²) in [6.07, 6.45) is 8.06. The average molecular weight is 538 g/mol. The zero-order chi connectivity index (χ0) is 26.8. The lowest BCUT2D eigenvalue weighted by atomic mass is 9.97. The van der Waals surface area contributed by atoms with Gasteiger partial charge in [0.05, 0.1) is 11.8 Å². The smallest absolute Gasteiger partial charge is 0.340 e. The first-order valence-corrected chi connectivity index (χ1v) is 13.6. The zero-order valence-corrected chi connectivity index (χ0v) is 22.4. The summed E-state index contributed by atoms with van der Waals surface area (Å²) in [5.41, 5.74) is 0. The van der Waals surface area contributed by atoms with Crippen molar-refractivity contribution in [2.24, 2.45) is 5.29 Å². The van der Waals surface area contributed by atoms with Crippen molar-refractivity contribution < 1.29 is 34.0 Å². The summed E-state index contributed by atoms with van der Waals surface area (Å²) in [7, 11) is 1.29. The maximum Gasteiger partial charge on any atom is 0.340 e. The fourth-order valence-corrected chi connectivity index (χ4v) is 4.24. The molecule has 5 unspecified atom stereocenters. The number of hydrogen-bond acceptors (Lipinski definition) is 9. The van der Waals surface area contributed by atoms with Crippen molar-refractivity contribution >= 4 is 23.6 Å². The van der Waals surface area contributed by atoms with E-state index in [1.807, 2.05) is 0 Å². The van der Waals surface area contributed by atoms with Gasteiger partial charge in [0.2, 0.25) is 0 Å². The van der Waals surface area contributed by atoms with Gasteiger partial charge >= 0.3 is 12.0 Å². The predicted molar refractivity (Wildman–Crippen MR) is 135 cm³/mol. The average Bonchev–Trinajstić information content (AvgIpc) is 2.87. The Hall–Kier alpha value is -1.53. The van der Waals surface area contributed by atoms with Crippen LogP contribution in [0.4, 0.5) is 4.79 Å². The Kier molecular flexibility index (Phi) is 17.7. The van der Waals surface area contributed by atoms with E-state index < -0.39 is 42.6 Å².